The Labute approximate surface area is 118 Å². The molecule has 2 N–H and O–H groups in total. The van der Waals surface area contributed by atoms with Crippen molar-refractivity contribution in [2.45, 2.75) is 13.0 Å². The molecule has 0 unspecified atom stereocenters. The molecule has 6 nitrogen and oxygen atoms in total. The molecule has 2 heterocycles. The van der Waals surface area contributed by atoms with E-state index in [9.17, 15) is 4.79 Å². The van der Waals surface area contributed by atoms with E-state index >= 15 is 0 Å². The Hall–Kier alpha value is -1.89. The van der Waals surface area contributed by atoms with Crippen LogP contribution in [0.1, 0.15) is 16.8 Å². The molecule has 0 aliphatic heterocycles. The standard InChI is InChI=1S/C12H13BrN4O2/c13-9-6-10(12(18)19)11(16-7-9)15-2-1-4-17-5-3-14-8-17/h3,5-8H,1-2,4H2,(H,15,16)(H,18,19). The fraction of sp³-hybridized carbons (Fsp3) is 0.250. The first kappa shape index (κ1) is 13.5. The van der Waals surface area contributed by atoms with E-state index in [-0.39, 0.29) is 5.56 Å². The molecule has 0 atom stereocenters. The van der Waals surface area contributed by atoms with Crippen molar-refractivity contribution in [3.8, 4) is 0 Å². The molecule has 0 aliphatic rings. The van der Waals surface area contributed by atoms with E-state index < -0.39 is 5.97 Å². The number of anilines is 1. The zero-order valence-electron chi connectivity index (χ0n) is 10.1. The van der Waals surface area contributed by atoms with Gasteiger partial charge in [0.15, 0.2) is 0 Å². The van der Waals surface area contributed by atoms with Crippen LogP contribution in [-0.4, -0.2) is 32.2 Å². The van der Waals surface area contributed by atoms with Crippen molar-refractivity contribution in [2.24, 2.45) is 0 Å². The Morgan fingerprint density at radius 3 is 3.05 bits per heavy atom. The molecule has 2 aromatic rings. The molecule has 0 saturated heterocycles. The predicted molar refractivity (Wildman–Crippen MR) is 74.2 cm³/mol. The minimum atomic E-state index is -0.995. The van der Waals surface area contributed by atoms with E-state index in [0.717, 1.165) is 13.0 Å². The third kappa shape index (κ3) is 3.78. The van der Waals surface area contributed by atoms with E-state index in [1.165, 1.54) is 6.07 Å². The molecule has 0 spiro atoms. The highest BCUT2D eigenvalue weighted by atomic mass is 79.9. The minimum absolute atomic E-state index is 0.164. The monoisotopic (exact) mass is 324 g/mol. The first-order valence-corrected chi connectivity index (χ1v) is 6.54. The number of imidazole rings is 1. The summed E-state index contributed by atoms with van der Waals surface area (Å²) in [5.74, 6) is -0.604. The summed E-state index contributed by atoms with van der Waals surface area (Å²) in [6, 6.07) is 1.54. The number of hydrogen-bond acceptors (Lipinski definition) is 4. The number of pyridine rings is 1. The van der Waals surface area contributed by atoms with E-state index in [1.807, 2.05) is 10.8 Å². The lowest BCUT2D eigenvalue weighted by atomic mass is 10.2. The average Bonchev–Trinajstić information content (AvgIpc) is 2.89. The number of nitrogens with one attached hydrogen (secondary N) is 1. The maximum Gasteiger partial charge on any atom is 0.339 e. The van der Waals surface area contributed by atoms with Crippen LogP contribution in [0.4, 0.5) is 5.82 Å². The number of nitrogens with zero attached hydrogens (tertiary/aromatic N) is 3. The van der Waals surface area contributed by atoms with Crippen LogP contribution in [0.25, 0.3) is 0 Å². The lowest BCUT2D eigenvalue weighted by molar-refractivity contribution is 0.0697. The summed E-state index contributed by atoms with van der Waals surface area (Å²) in [4.78, 5) is 19.1. The molecule has 2 aromatic heterocycles. The van der Waals surface area contributed by atoms with Gasteiger partial charge in [0.1, 0.15) is 11.4 Å². The van der Waals surface area contributed by atoms with Crippen LogP contribution in [0, 0.1) is 0 Å². The third-order valence-electron chi connectivity index (χ3n) is 2.53. The Bertz CT molecular complexity index is 557. The van der Waals surface area contributed by atoms with Crippen LogP contribution >= 0.6 is 15.9 Å². The molecule has 100 valence electrons. The summed E-state index contributed by atoms with van der Waals surface area (Å²) in [6.07, 6.45) is 7.80. The highest BCUT2D eigenvalue weighted by Gasteiger charge is 2.11. The second kappa shape index (κ2) is 6.33. The minimum Gasteiger partial charge on any atom is -0.478 e. The van der Waals surface area contributed by atoms with Gasteiger partial charge in [-0.2, -0.15) is 0 Å². The van der Waals surface area contributed by atoms with Crippen molar-refractivity contribution in [3.63, 3.8) is 0 Å². The summed E-state index contributed by atoms with van der Waals surface area (Å²) in [5.41, 5.74) is 0.164. The number of halogens is 1. The number of aromatic carboxylic acids is 1. The molecule has 0 saturated carbocycles. The van der Waals surface area contributed by atoms with Crippen LogP contribution in [-0.2, 0) is 6.54 Å². The first-order chi connectivity index (χ1) is 9.16. The Morgan fingerprint density at radius 2 is 2.37 bits per heavy atom. The fourth-order valence-electron chi connectivity index (χ4n) is 1.63. The number of rotatable bonds is 6. The molecular formula is C12H13BrN4O2. The van der Waals surface area contributed by atoms with Gasteiger partial charge in [-0.15, -0.1) is 0 Å². The summed E-state index contributed by atoms with van der Waals surface area (Å²) in [7, 11) is 0. The van der Waals surface area contributed by atoms with Gasteiger partial charge in [0.05, 0.1) is 6.33 Å². The van der Waals surface area contributed by atoms with Crippen LogP contribution in [0.2, 0.25) is 0 Å². The lowest BCUT2D eigenvalue weighted by Crippen LogP contribution is -2.11. The van der Waals surface area contributed by atoms with Crippen LogP contribution in [0.15, 0.2) is 35.5 Å². The number of hydrogen-bond donors (Lipinski definition) is 2. The Morgan fingerprint density at radius 1 is 1.53 bits per heavy atom. The molecule has 19 heavy (non-hydrogen) atoms. The molecule has 0 radical (unpaired) electrons. The molecule has 0 fully saturated rings. The van der Waals surface area contributed by atoms with Gasteiger partial charge in [0, 0.05) is 36.2 Å². The Kier molecular flexibility index (Phi) is 4.51. The molecule has 7 heteroatoms. The van der Waals surface area contributed by atoms with Crippen LogP contribution in [0.5, 0.6) is 0 Å². The number of carboxylic acid groups (broad SMARTS) is 1. The van der Waals surface area contributed by atoms with Crippen molar-refractivity contribution in [2.75, 3.05) is 11.9 Å². The van der Waals surface area contributed by atoms with Gasteiger partial charge in [0.2, 0.25) is 0 Å². The molecule has 0 aliphatic carbocycles. The van der Waals surface area contributed by atoms with Gasteiger partial charge in [-0.1, -0.05) is 0 Å². The maximum absolute atomic E-state index is 11.1. The first-order valence-electron chi connectivity index (χ1n) is 5.75. The summed E-state index contributed by atoms with van der Waals surface area (Å²) in [6.45, 7) is 1.47. The smallest absolute Gasteiger partial charge is 0.339 e. The number of aromatic nitrogens is 3. The van der Waals surface area contributed by atoms with Gasteiger partial charge in [-0.25, -0.2) is 14.8 Å². The molecular weight excluding hydrogens is 312 g/mol. The topological polar surface area (TPSA) is 80.0 Å². The van der Waals surface area contributed by atoms with Gasteiger partial charge >= 0.3 is 5.97 Å². The SMILES string of the molecule is O=C(O)c1cc(Br)cnc1NCCCn1ccnc1. The molecule has 0 bridgehead atoms. The van der Waals surface area contributed by atoms with Crippen LogP contribution < -0.4 is 5.32 Å². The zero-order valence-corrected chi connectivity index (χ0v) is 11.7. The van der Waals surface area contributed by atoms with Gasteiger partial charge < -0.3 is 15.0 Å². The quantitative estimate of drug-likeness (QED) is 0.796. The van der Waals surface area contributed by atoms with Gasteiger partial charge in [-0.3, -0.25) is 0 Å². The Balaban J connectivity index is 1.90. The van der Waals surface area contributed by atoms with Crippen molar-refractivity contribution >= 4 is 27.7 Å². The van der Waals surface area contributed by atoms with E-state index in [1.54, 1.807) is 18.7 Å². The maximum atomic E-state index is 11.1. The molecule has 0 amide bonds. The number of carboxylic acids is 1. The van der Waals surface area contributed by atoms with Crippen LogP contribution in [0.3, 0.4) is 0 Å². The summed E-state index contributed by atoms with van der Waals surface area (Å²) >= 11 is 3.21. The van der Waals surface area contributed by atoms with Gasteiger partial charge in [-0.05, 0) is 28.4 Å². The highest BCUT2D eigenvalue weighted by Crippen LogP contribution is 2.17. The number of carbonyl (C=O) groups is 1. The molecule has 2 rings (SSSR count). The van der Waals surface area contributed by atoms with Crippen molar-refractivity contribution < 1.29 is 9.90 Å². The van der Waals surface area contributed by atoms with E-state index in [2.05, 4.69) is 31.2 Å². The average molecular weight is 325 g/mol. The summed E-state index contributed by atoms with van der Waals surface area (Å²) in [5, 5.41) is 12.1. The summed E-state index contributed by atoms with van der Waals surface area (Å²) < 4.78 is 2.61. The fourth-order valence-corrected chi connectivity index (χ4v) is 1.96. The largest absolute Gasteiger partial charge is 0.478 e. The van der Waals surface area contributed by atoms with E-state index in [4.69, 9.17) is 5.11 Å². The number of aryl methyl sites for hydroxylation is 1. The highest BCUT2D eigenvalue weighted by molar-refractivity contribution is 9.10. The van der Waals surface area contributed by atoms with E-state index in [0.29, 0.717) is 16.8 Å². The lowest BCUT2D eigenvalue weighted by Gasteiger charge is -2.09. The second-order valence-corrected chi connectivity index (χ2v) is 4.85. The second-order valence-electron chi connectivity index (χ2n) is 3.94. The van der Waals surface area contributed by atoms with Crippen molar-refractivity contribution in [1.82, 2.24) is 14.5 Å². The van der Waals surface area contributed by atoms with Crippen molar-refractivity contribution in [3.05, 3.63) is 41.0 Å². The van der Waals surface area contributed by atoms with Crippen molar-refractivity contribution in [1.29, 1.82) is 0 Å². The molecule has 0 aromatic carbocycles. The third-order valence-corrected chi connectivity index (χ3v) is 2.96. The normalized spacial score (nSPS) is 10.4. The predicted octanol–water partition coefficient (Wildman–Crippen LogP) is 2.24. The van der Waals surface area contributed by atoms with Gasteiger partial charge in [0.25, 0.3) is 0 Å². The zero-order chi connectivity index (χ0) is 13.7.